The third kappa shape index (κ3) is 3.08. The van der Waals surface area contributed by atoms with E-state index in [1.807, 2.05) is 0 Å². The number of amides is 1. The van der Waals surface area contributed by atoms with Crippen molar-refractivity contribution in [2.24, 2.45) is 5.92 Å². The molecule has 1 amide bonds. The number of carbonyl (C=O) groups is 1. The van der Waals surface area contributed by atoms with Gasteiger partial charge in [-0.05, 0) is 25.0 Å². The van der Waals surface area contributed by atoms with Gasteiger partial charge >= 0.3 is 0 Å². The molecule has 1 saturated carbocycles. The Bertz CT molecular complexity index is 360. The van der Waals surface area contributed by atoms with Crippen LogP contribution in [0.5, 0.6) is 0 Å². The number of anilines is 2. The monoisotopic (exact) mass is 221 g/mol. The van der Waals surface area contributed by atoms with Crippen LogP contribution in [0.1, 0.15) is 12.8 Å². The number of hydrogen-bond donors (Lipinski definition) is 3. The molecular weight excluding hydrogens is 206 g/mol. The largest absolute Gasteiger partial charge is 0.382 e. The van der Waals surface area contributed by atoms with E-state index in [0.717, 1.165) is 12.8 Å². The molecule has 0 aromatic carbocycles. The van der Waals surface area contributed by atoms with Crippen LogP contribution < -0.4 is 16.4 Å². The first kappa shape index (κ1) is 10.7. The number of nitrogen functional groups attached to an aromatic ring is 1. The minimum Gasteiger partial charge on any atom is -0.382 e. The fourth-order valence-electron chi connectivity index (χ4n) is 1.30. The second-order valence-electron chi connectivity index (χ2n) is 3.84. The lowest BCUT2D eigenvalue weighted by Crippen LogP contribution is -2.29. The fourth-order valence-corrected chi connectivity index (χ4v) is 1.30. The van der Waals surface area contributed by atoms with E-state index in [2.05, 4.69) is 20.8 Å². The maximum absolute atomic E-state index is 11.3. The Hall–Kier alpha value is -1.85. The van der Waals surface area contributed by atoms with Crippen molar-refractivity contribution in [2.75, 3.05) is 24.1 Å². The lowest BCUT2D eigenvalue weighted by atomic mass is 10.4. The van der Waals surface area contributed by atoms with Gasteiger partial charge in [-0.25, -0.2) is 0 Å². The molecule has 1 aliphatic rings. The van der Waals surface area contributed by atoms with Crippen LogP contribution in [0, 0.1) is 5.92 Å². The normalized spacial score (nSPS) is 14.5. The van der Waals surface area contributed by atoms with Crippen LogP contribution in [0.4, 0.5) is 11.6 Å². The Morgan fingerprint density at radius 2 is 2.19 bits per heavy atom. The quantitative estimate of drug-likeness (QED) is 0.608. The van der Waals surface area contributed by atoms with Gasteiger partial charge in [-0.2, -0.15) is 0 Å². The van der Waals surface area contributed by atoms with Crippen LogP contribution >= 0.6 is 0 Å². The predicted molar refractivity (Wildman–Crippen MR) is 60.7 cm³/mol. The first-order valence-corrected chi connectivity index (χ1v) is 5.36. The summed E-state index contributed by atoms with van der Waals surface area (Å²) in [4.78, 5) is 11.3. The van der Waals surface area contributed by atoms with Gasteiger partial charge in [-0.1, -0.05) is 0 Å². The van der Waals surface area contributed by atoms with Crippen molar-refractivity contribution in [1.82, 2.24) is 15.5 Å². The number of aromatic nitrogens is 2. The van der Waals surface area contributed by atoms with Gasteiger partial charge in [0.15, 0.2) is 0 Å². The summed E-state index contributed by atoms with van der Waals surface area (Å²) >= 11 is 0. The lowest BCUT2D eigenvalue weighted by molar-refractivity contribution is -0.122. The topological polar surface area (TPSA) is 92.9 Å². The number of nitrogens with two attached hydrogens (primary N) is 1. The van der Waals surface area contributed by atoms with Crippen LogP contribution in [-0.2, 0) is 4.79 Å². The average molecular weight is 221 g/mol. The van der Waals surface area contributed by atoms with E-state index in [1.165, 1.54) is 0 Å². The van der Waals surface area contributed by atoms with E-state index in [9.17, 15) is 4.79 Å². The van der Waals surface area contributed by atoms with Crippen LogP contribution in [0.3, 0.4) is 0 Å². The molecule has 6 heteroatoms. The summed E-state index contributed by atoms with van der Waals surface area (Å²) < 4.78 is 0. The van der Waals surface area contributed by atoms with Gasteiger partial charge in [-0.15, -0.1) is 10.2 Å². The second-order valence-corrected chi connectivity index (χ2v) is 3.84. The van der Waals surface area contributed by atoms with E-state index in [-0.39, 0.29) is 11.8 Å². The standard InChI is InChI=1S/C10H15N5O/c11-8-3-4-9(15-14-8)12-5-6-13-10(16)7-1-2-7/h3-4,7H,1-2,5-6H2,(H2,11,14)(H,12,15)(H,13,16). The van der Waals surface area contributed by atoms with Crippen molar-refractivity contribution < 1.29 is 4.79 Å². The van der Waals surface area contributed by atoms with E-state index < -0.39 is 0 Å². The van der Waals surface area contributed by atoms with Crippen molar-refractivity contribution >= 4 is 17.5 Å². The Labute approximate surface area is 93.6 Å². The highest BCUT2D eigenvalue weighted by Gasteiger charge is 2.28. The first-order chi connectivity index (χ1) is 7.75. The summed E-state index contributed by atoms with van der Waals surface area (Å²) in [7, 11) is 0. The zero-order chi connectivity index (χ0) is 11.4. The van der Waals surface area contributed by atoms with Gasteiger partial charge in [0.2, 0.25) is 5.91 Å². The number of carbonyl (C=O) groups excluding carboxylic acids is 1. The van der Waals surface area contributed by atoms with Crippen LogP contribution in [0.25, 0.3) is 0 Å². The zero-order valence-electron chi connectivity index (χ0n) is 8.94. The summed E-state index contributed by atoms with van der Waals surface area (Å²) in [6.45, 7) is 1.23. The van der Waals surface area contributed by atoms with Crippen molar-refractivity contribution in [1.29, 1.82) is 0 Å². The molecule has 1 aromatic rings. The molecule has 16 heavy (non-hydrogen) atoms. The molecule has 0 atom stereocenters. The Morgan fingerprint density at radius 1 is 1.38 bits per heavy atom. The van der Waals surface area contributed by atoms with Gasteiger partial charge in [0, 0.05) is 19.0 Å². The molecule has 0 saturated heterocycles. The Morgan fingerprint density at radius 3 is 2.81 bits per heavy atom. The minimum atomic E-state index is 0.158. The van der Waals surface area contributed by atoms with E-state index in [0.29, 0.717) is 24.7 Å². The van der Waals surface area contributed by atoms with E-state index in [1.54, 1.807) is 12.1 Å². The highest BCUT2D eigenvalue weighted by atomic mass is 16.2. The molecule has 1 fully saturated rings. The number of nitrogens with zero attached hydrogens (tertiary/aromatic N) is 2. The van der Waals surface area contributed by atoms with Crippen molar-refractivity contribution in [2.45, 2.75) is 12.8 Å². The molecule has 0 radical (unpaired) electrons. The third-order valence-electron chi connectivity index (χ3n) is 2.36. The molecule has 0 aliphatic heterocycles. The Balaban J connectivity index is 1.63. The molecule has 1 heterocycles. The molecule has 2 rings (SSSR count). The highest BCUT2D eigenvalue weighted by Crippen LogP contribution is 2.28. The fraction of sp³-hybridized carbons (Fsp3) is 0.500. The Kier molecular flexibility index (Phi) is 3.19. The maximum Gasteiger partial charge on any atom is 0.223 e. The van der Waals surface area contributed by atoms with Crippen LogP contribution in [0.15, 0.2) is 12.1 Å². The molecule has 0 unspecified atom stereocenters. The van der Waals surface area contributed by atoms with Gasteiger partial charge in [-0.3, -0.25) is 4.79 Å². The molecule has 0 spiro atoms. The van der Waals surface area contributed by atoms with Gasteiger partial charge in [0.25, 0.3) is 0 Å². The van der Waals surface area contributed by atoms with Gasteiger partial charge in [0.1, 0.15) is 11.6 Å². The maximum atomic E-state index is 11.3. The molecule has 0 bridgehead atoms. The molecule has 6 nitrogen and oxygen atoms in total. The molecular formula is C10H15N5O. The SMILES string of the molecule is Nc1ccc(NCCNC(=O)C2CC2)nn1. The van der Waals surface area contributed by atoms with Crippen LogP contribution in [-0.4, -0.2) is 29.2 Å². The van der Waals surface area contributed by atoms with Gasteiger partial charge < -0.3 is 16.4 Å². The summed E-state index contributed by atoms with van der Waals surface area (Å²) in [5.74, 6) is 1.48. The van der Waals surface area contributed by atoms with Gasteiger partial charge in [0.05, 0.1) is 0 Å². The first-order valence-electron chi connectivity index (χ1n) is 5.36. The minimum absolute atomic E-state index is 0.158. The number of nitrogens with one attached hydrogen (secondary N) is 2. The number of rotatable bonds is 5. The molecule has 4 N–H and O–H groups in total. The van der Waals surface area contributed by atoms with E-state index in [4.69, 9.17) is 5.73 Å². The summed E-state index contributed by atoms with van der Waals surface area (Å²) in [5.41, 5.74) is 5.40. The highest BCUT2D eigenvalue weighted by molar-refractivity contribution is 5.80. The van der Waals surface area contributed by atoms with Crippen molar-refractivity contribution in [3.63, 3.8) is 0 Å². The van der Waals surface area contributed by atoms with E-state index >= 15 is 0 Å². The molecule has 1 aliphatic carbocycles. The summed E-state index contributed by atoms with van der Waals surface area (Å²) in [5, 5.41) is 13.4. The van der Waals surface area contributed by atoms with Crippen LogP contribution in [0.2, 0.25) is 0 Å². The smallest absolute Gasteiger partial charge is 0.223 e. The molecule has 1 aromatic heterocycles. The van der Waals surface area contributed by atoms with Crippen molar-refractivity contribution in [3.8, 4) is 0 Å². The second kappa shape index (κ2) is 4.78. The summed E-state index contributed by atoms with van der Waals surface area (Å²) in [6.07, 6.45) is 2.06. The average Bonchev–Trinajstić information content (AvgIpc) is 3.10. The predicted octanol–water partition coefficient (Wildman–Crippen LogP) is -0.00310. The third-order valence-corrected chi connectivity index (χ3v) is 2.36. The number of hydrogen-bond acceptors (Lipinski definition) is 5. The zero-order valence-corrected chi connectivity index (χ0v) is 8.94. The lowest BCUT2D eigenvalue weighted by Gasteiger charge is -2.06. The van der Waals surface area contributed by atoms with Crippen molar-refractivity contribution in [3.05, 3.63) is 12.1 Å². The summed E-state index contributed by atoms with van der Waals surface area (Å²) in [6, 6.07) is 3.43. The molecule has 86 valence electrons.